The Bertz CT molecular complexity index is 692. The summed E-state index contributed by atoms with van der Waals surface area (Å²) >= 11 is 0. The molecule has 0 unspecified atom stereocenters. The van der Waals surface area contributed by atoms with Crippen LogP contribution in [0.3, 0.4) is 0 Å². The fourth-order valence-electron chi connectivity index (χ4n) is 7.47. The first-order chi connectivity index (χ1) is 13.8. The van der Waals surface area contributed by atoms with Gasteiger partial charge in [0, 0.05) is 24.5 Å². The van der Waals surface area contributed by atoms with E-state index >= 15 is 0 Å². The Kier molecular flexibility index (Phi) is 5.45. The maximum atomic E-state index is 12.3. The van der Waals surface area contributed by atoms with Crippen LogP contribution in [-0.2, 0) is 9.53 Å². The molecule has 29 heavy (non-hydrogen) atoms. The van der Waals surface area contributed by atoms with Gasteiger partial charge >= 0.3 is 6.09 Å². The van der Waals surface area contributed by atoms with Crippen LogP contribution in [-0.4, -0.2) is 42.6 Å². The van der Waals surface area contributed by atoms with Gasteiger partial charge in [0.1, 0.15) is 0 Å². The van der Waals surface area contributed by atoms with E-state index in [4.69, 9.17) is 4.74 Å². The van der Waals surface area contributed by atoms with Crippen molar-refractivity contribution < 1.29 is 14.3 Å². The van der Waals surface area contributed by atoms with E-state index in [0.29, 0.717) is 30.4 Å². The van der Waals surface area contributed by atoms with Crippen molar-refractivity contribution in [2.75, 3.05) is 13.7 Å². The number of fused-ring (bicyclic) bond motifs is 5. The molecule has 0 aromatic heterocycles. The van der Waals surface area contributed by atoms with Crippen LogP contribution in [0.25, 0.3) is 0 Å². The number of hydrogen-bond donors (Lipinski definition) is 1. The number of rotatable bonds is 4. The molecule has 1 N–H and O–H groups in total. The lowest BCUT2D eigenvalue weighted by Gasteiger charge is -2.60. The Morgan fingerprint density at radius 3 is 2.76 bits per heavy atom. The number of carbonyl (C=O) groups excluding carboxylic acids is 2. The second-order valence-electron chi connectivity index (χ2n) is 10.4. The van der Waals surface area contributed by atoms with Crippen molar-refractivity contribution in [2.45, 2.75) is 84.2 Å². The minimum Gasteiger partial charge on any atom is -0.450 e. The third-order valence-electron chi connectivity index (χ3n) is 9.15. The zero-order valence-corrected chi connectivity index (χ0v) is 18.6. The maximum Gasteiger partial charge on any atom is 0.407 e. The van der Waals surface area contributed by atoms with Gasteiger partial charge in [-0.1, -0.05) is 33.3 Å². The molecule has 0 aromatic rings. The summed E-state index contributed by atoms with van der Waals surface area (Å²) in [4.78, 5) is 26.5. The van der Waals surface area contributed by atoms with Crippen molar-refractivity contribution in [3.05, 3.63) is 12.2 Å². The number of likely N-dealkylation sites (N-methyl/N-ethyl adjacent to an activating group) is 1. The minimum atomic E-state index is -0.238. The summed E-state index contributed by atoms with van der Waals surface area (Å²) < 4.78 is 5.39. The van der Waals surface area contributed by atoms with E-state index in [9.17, 15) is 9.59 Å². The summed E-state index contributed by atoms with van der Waals surface area (Å²) in [7, 11) is 1.97. The summed E-state index contributed by atoms with van der Waals surface area (Å²) in [6.45, 7) is 7.40. The van der Waals surface area contributed by atoms with Crippen LogP contribution in [0.15, 0.2) is 12.2 Å². The maximum absolute atomic E-state index is 12.3. The van der Waals surface area contributed by atoms with Crippen LogP contribution in [0.2, 0.25) is 0 Å². The Labute approximate surface area is 175 Å². The molecule has 0 spiro atoms. The molecule has 4 aliphatic rings. The average molecular weight is 403 g/mol. The highest BCUT2D eigenvalue weighted by Crippen LogP contribution is 2.63. The molecule has 0 bridgehead atoms. The van der Waals surface area contributed by atoms with E-state index in [2.05, 4.69) is 32.2 Å². The van der Waals surface area contributed by atoms with Gasteiger partial charge in [-0.2, -0.15) is 0 Å². The van der Waals surface area contributed by atoms with E-state index in [1.165, 1.54) is 19.3 Å². The topological polar surface area (TPSA) is 58.6 Å². The number of unbranched alkanes of at least 4 members (excludes halogenated alkanes) is 1. The number of carbonyl (C=O) groups is 2. The summed E-state index contributed by atoms with van der Waals surface area (Å²) in [6.07, 6.45) is 12.6. The SMILES string of the molecule is CCCCOC(=O)N[C@H]1CC[C@H]2[C@@H]3CC[C@H]4N(C)C(=O)C=C[C@]4(C)[C@H]3CC[C@]12C. The van der Waals surface area contributed by atoms with Gasteiger partial charge in [0.2, 0.25) is 5.91 Å². The monoisotopic (exact) mass is 402 g/mol. The highest BCUT2D eigenvalue weighted by molar-refractivity contribution is 5.89. The second kappa shape index (κ2) is 7.63. The molecular formula is C24H38N2O3. The van der Waals surface area contributed by atoms with Crippen LogP contribution in [0.1, 0.15) is 72.1 Å². The van der Waals surface area contributed by atoms with Gasteiger partial charge in [-0.05, 0) is 74.2 Å². The van der Waals surface area contributed by atoms with Gasteiger partial charge in [0.15, 0.2) is 0 Å². The molecule has 162 valence electrons. The van der Waals surface area contributed by atoms with Crippen molar-refractivity contribution in [2.24, 2.45) is 28.6 Å². The summed E-state index contributed by atoms with van der Waals surface area (Å²) in [5.41, 5.74) is 0.242. The first kappa shape index (κ1) is 20.7. The number of alkyl carbamates (subject to hydrolysis) is 1. The lowest BCUT2D eigenvalue weighted by molar-refractivity contribution is -0.138. The molecule has 0 saturated heterocycles. The predicted octanol–water partition coefficient (Wildman–Crippen LogP) is 4.52. The van der Waals surface area contributed by atoms with Crippen molar-refractivity contribution in [3.8, 4) is 0 Å². The molecule has 1 aliphatic heterocycles. The number of nitrogens with zero attached hydrogens (tertiary/aromatic N) is 1. The third kappa shape index (κ3) is 3.29. The molecule has 0 aromatic carbocycles. The highest BCUT2D eigenvalue weighted by atomic mass is 16.5. The van der Waals surface area contributed by atoms with Gasteiger partial charge in [-0.15, -0.1) is 0 Å². The molecule has 0 radical (unpaired) electrons. The highest BCUT2D eigenvalue weighted by Gasteiger charge is 2.60. The van der Waals surface area contributed by atoms with E-state index in [0.717, 1.165) is 32.1 Å². The fraction of sp³-hybridized carbons (Fsp3) is 0.833. The normalized spacial score (nSPS) is 43.4. The Morgan fingerprint density at radius 2 is 2.00 bits per heavy atom. The van der Waals surface area contributed by atoms with Crippen molar-refractivity contribution >= 4 is 12.0 Å². The second-order valence-corrected chi connectivity index (χ2v) is 10.4. The van der Waals surface area contributed by atoms with Crippen LogP contribution in [0.5, 0.6) is 0 Å². The molecule has 1 heterocycles. The van der Waals surface area contributed by atoms with E-state index in [1.807, 2.05) is 11.9 Å². The van der Waals surface area contributed by atoms with Crippen LogP contribution in [0.4, 0.5) is 4.79 Å². The zero-order chi connectivity index (χ0) is 20.8. The molecule has 3 fully saturated rings. The average Bonchev–Trinajstić information content (AvgIpc) is 3.02. The lowest BCUT2D eigenvalue weighted by atomic mass is 9.48. The lowest BCUT2D eigenvalue weighted by Crippen LogP contribution is -2.60. The number of hydrogen-bond acceptors (Lipinski definition) is 3. The molecule has 5 nitrogen and oxygen atoms in total. The van der Waals surface area contributed by atoms with Crippen molar-refractivity contribution in [1.82, 2.24) is 10.2 Å². The molecular weight excluding hydrogens is 364 g/mol. The first-order valence-corrected chi connectivity index (χ1v) is 11.7. The molecule has 3 aliphatic carbocycles. The van der Waals surface area contributed by atoms with Gasteiger partial charge in [0.05, 0.1) is 6.61 Å². The van der Waals surface area contributed by atoms with Gasteiger partial charge in [-0.25, -0.2) is 4.79 Å². The number of amides is 2. The van der Waals surface area contributed by atoms with E-state index < -0.39 is 0 Å². The van der Waals surface area contributed by atoms with Gasteiger partial charge in [-0.3, -0.25) is 4.79 Å². The van der Waals surface area contributed by atoms with E-state index in [1.54, 1.807) is 6.08 Å². The minimum absolute atomic E-state index is 0.0809. The standard InChI is InChI=1S/C24H38N2O3/c1-5-6-15-29-22(28)25-19-9-8-17-16-7-10-20-24(3,14-12-21(27)26(20)4)18(16)11-13-23(17,19)2/h12,14,16-20H,5-11,13,15H2,1-4H3,(H,25,28)/t16-,17-,18-,19-,20+,23-,24+/m0/s1. The third-order valence-corrected chi connectivity index (χ3v) is 9.15. The van der Waals surface area contributed by atoms with Crippen LogP contribution >= 0.6 is 0 Å². The van der Waals surface area contributed by atoms with Crippen molar-refractivity contribution in [3.63, 3.8) is 0 Å². The quantitative estimate of drug-likeness (QED) is 0.703. The van der Waals surface area contributed by atoms with E-state index in [-0.39, 0.29) is 28.9 Å². The molecule has 5 heteroatoms. The van der Waals surface area contributed by atoms with Gasteiger partial charge < -0.3 is 15.0 Å². The number of nitrogens with one attached hydrogen (secondary N) is 1. The Morgan fingerprint density at radius 1 is 1.21 bits per heavy atom. The first-order valence-electron chi connectivity index (χ1n) is 11.7. The Balaban J connectivity index is 1.49. The summed E-state index contributed by atoms with van der Waals surface area (Å²) in [5.74, 6) is 2.11. The molecule has 4 rings (SSSR count). The smallest absolute Gasteiger partial charge is 0.407 e. The number of ether oxygens (including phenoxy) is 1. The summed E-state index contributed by atoms with van der Waals surface area (Å²) in [6, 6.07) is 0.550. The molecule has 7 atom stereocenters. The molecule has 2 amide bonds. The fourth-order valence-corrected chi connectivity index (χ4v) is 7.47. The van der Waals surface area contributed by atoms with Crippen molar-refractivity contribution in [1.29, 1.82) is 0 Å². The molecule has 3 saturated carbocycles. The van der Waals surface area contributed by atoms with Gasteiger partial charge in [0.25, 0.3) is 0 Å². The summed E-state index contributed by atoms with van der Waals surface area (Å²) in [5, 5.41) is 3.22. The van der Waals surface area contributed by atoms with Crippen LogP contribution in [0, 0.1) is 28.6 Å². The largest absolute Gasteiger partial charge is 0.450 e. The zero-order valence-electron chi connectivity index (χ0n) is 18.6. The van der Waals surface area contributed by atoms with Crippen LogP contribution < -0.4 is 5.32 Å². The Hall–Kier alpha value is -1.52. The predicted molar refractivity (Wildman–Crippen MR) is 113 cm³/mol.